The molecule has 0 amide bonds. The minimum Gasteiger partial charge on any atom is -0.225 e. The van der Waals surface area contributed by atoms with Gasteiger partial charge in [0.05, 0.1) is 16.0 Å². The van der Waals surface area contributed by atoms with Crippen LogP contribution in [-0.4, -0.2) is 8.42 Å². The number of alkyl halides is 6. The fourth-order valence-electron chi connectivity index (χ4n) is 1.09. The van der Waals surface area contributed by atoms with Crippen LogP contribution in [0.2, 0.25) is 0 Å². The van der Waals surface area contributed by atoms with Gasteiger partial charge in [-0.3, -0.25) is 0 Å². The molecule has 118 valence electrons. The summed E-state index contributed by atoms with van der Waals surface area (Å²) < 4.78 is 95.6. The molecule has 0 unspecified atom stereocenters. The van der Waals surface area contributed by atoms with Gasteiger partial charge in [0.25, 0.3) is 0 Å². The summed E-state index contributed by atoms with van der Waals surface area (Å²) in [6.07, 6.45) is -10.2. The Morgan fingerprint density at radius 3 is 1.30 bits per heavy atom. The minimum atomic E-state index is -5.11. The normalized spacial score (nSPS) is 12.3. The highest BCUT2D eigenvalue weighted by Crippen LogP contribution is 2.36. The van der Waals surface area contributed by atoms with Crippen LogP contribution in [0.5, 0.6) is 0 Å². The van der Waals surface area contributed by atoms with Gasteiger partial charge in [-0.25, -0.2) is 13.6 Å². The van der Waals surface area contributed by atoms with E-state index in [2.05, 4.69) is 5.14 Å². The summed E-state index contributed by atoms with van der Waals surface area (Å²) in [5.74, 6) is 0. The highest BCUT2D eigenvalue weighted by Gasteiger charge is 2.37. The van der Waals surface area contributed by atoms with Gasteiger partial charge in [0.2, 0.25) is 10.0 Å². The maximum atomic E-state index is 12.3. The average Bonchev–Trinajstić information content (AvgIpc) is 2.13. The molecular formula is C8H7Cl2F6NO2S. The molecule has 0 heterocycles. The van der Waals surface area contributed by atoms with Gasteiger partial charge in [0.15, 0.2) is 0 Å². The molecule has 0 bridgehead atoms. The number of nitrogens with two attached hydrogens (primary N) is 1. The Morgan fingerprint density at radius 1 is 0.800 bits per heavy atom. The predicted octanol–water partition coefficient (Wildman–Crippen LogP) is 3.22. The van der Waals surface area contributed by atoms with Crippen molar-refractivity contribution in [2.24, 2.45) is 5.14 Å². The zero-order valence-electron chi connectivity index (χ0n) is 9.12. The van der Waals surface area contributed by atoms with E-state index < -0.39 is 38.4 Å². The Hall–Kier alpha value is -0.710. The SMILES string of the molecule is Cl.Cl.NS(=O)(=O)c1cc(C(F)(F)F)cc(C(F)(F)F)c1. The Balaban J connectivity index is 0. The summed E-state index contributed by atoms with van der Waals surface area (Å²) in [5, 5.41) is 4.52. The lowest BCUT2D eigenvalue weighted by atomic mass is 10.1. The molecule has 0 atom stereocenters. The number of primary sulfonamides is 1. The van der Waals surface area contributed by atoms with E-state index in [0.29, 0.717) is 0 Å². The standard InChI is InChI=1S/C8H5F6NO2S.2ClH/c9-7(10,11)4-1-5(8(12,13)14)3-6(2-4)18(15,16)17;;/h1-3H,(H2,15,16,17);2*1H. The van der Waals surface area contributed by atoms with Gasteiger partial charge in [-0.05, 0) is 18.2 Å². The Kier molecular flexibility index (Phi) is 6.88. The van der Waals surface area contributed by atoms with Crippen molar-refractivity contribution in [1.29, 1.82) is 0 Å². The van der Waals surface area contributed by atoms with Crippen molar-refractivity contribution in [1.82, 2.24) is 0 Å². The maximum Gasteiger partial charge on any atom is 0.416 e. The third kappa shape index (κ3) is 5.35. The predicted molar refractivity (Wildman–Crippen MR) is 62.3 cm³/mol. The van der Waals surface area contributed by atoms with Crippen LogP contribution in [0.4, 0.5) is 26.3 Å². The van der Waals surface area contributed by atoms with Crippen LogP contribution in [-0.2, 0) is 22.4 Å². The zero-order chi connectivity index (χ0) is 14.4. The number of sulfonamides is 1. The number of halogens is 8. The Labute approximate surface area is 122 Å². The first-order chi connectivity index (χ1) is 7.82. The van der Waals surface area contributed by atoms with Gasteiger partial charge in [0, 0.05) is 0 Å². The molecule has 0 aliphatic heterocycles. The smallest absolute Gasteiger partial charge is 0.225 e. The summed E-state index contributed by atoms with van der Waals surface area (Å²) >= 11 is 0. The van der Waals surface area contributed by atoms with Crippen molar-refractivity contribution < 1.29 is 34.8 Å². The van der Waals surface area contributed by atoms with E-state index in [1.807, 2.05) is 0 Å². The molecule has 0 fully saturated rings. The average molecular weight is 366 g/mol. The van der Waals surface area contributed by atoms with Crippen LogP contribution >= 0.6 is 24.8 Å². The van der Waals surface area contributed by atoms with E-state index in [1.165, 1.54) is 0 Å². The molecule has 1 aromatic carbocycles. The molecule has 2 N–H and O–H groups in total. The third-order valence-electron chi connectivity index (χ3n) is 1.89. The molecule has 0 spiro atoms. The fraction of sp³-hybridized carbons (Fsp3) is 0.250. The number of rotatable bonds is 1. The summed E-state index contributed by atoms with van der Waals surface area (Å²) in [6, 6.07) is -0.0934. The van der Waals surface area contributed by atoms with Crippen LogP contribution in [0.25, 0.3) is 0 Å². The summed E-state index contributed by atoms with van der Waals surface area (Å²) in [4.78, 5) is -1.25. The van der Waals surface area contributed by atoms with Crippen LogP contribution in [0, 0.1) is 0 Å². The van der Waals surface area contributed by atoms with Gasteiger partial charge >= 0.3 is 12.4 Å². The molecule has 0 aliphatic carbocycles. The van der Waals surface area contributed by atoms with E-state index >= 15 is 0 Å². The van der Waals surface area contributed by atoms with Crippen LogP contribution in [0.15, 0.2) is 23.1 Å². The van der Waals surface area contributed by atoms with E-state index in [9.17, 15) is 34.8 Å². The maximum absolute atomic E-state index is 12.3. The lowest BCUT2D eigenvalue weighted by molar-refractivity contribution is -0.143. The Bertz CT molecular complexity index is 537. The number of benzene rings is 1. The summed E-state index contributed by atoms with van der Waals surface area (Å²) in [5.41, 5.74) is -3.47. The van der Waals surface area contributed by atoms with Crippen molar-refractivity contribution in [2.45, 2.75) is 17.2 Å². The van der Waals surface area contributed by atoms with Crippen LogP contribution in [0.3, 0.4) is 0 Å². The second-order valence-corrected chi connectivity index (χ2v) is 4.85. The van der Waals surface area contributed by atoms with Gasteiger partial charge in [-0.1, -0.05) is 0 Å². The van der Waals surface area contributed by atoms with E-state index in [0.717, 1.165) is 0 Å². The minimum absolute atomic E-state index is 0. The first-order valence-electron chi connectivity index (χ1n) is 4.14. The van der Waals surface area contributed by atoms with Crippen LogP contribution in [0.1, 0.15) is 11.1 Å². The topological polar surface area (TPSA) is 60.2 Å². The van der Waals surface area contributed by atoms with Crippen molar-refractivity contribution in [3.05, 3.63) is 29.3 Å². The molecule has 0 saturated heterocycles. The van der Waals surface area contributed by atoms with Crippen molar-refractivity contribution >= 4 is 34.8 Å². The summed E-state index contributed by atoms with van der Waals surface area (Å²) in [6.45, 7) is 0. The van der Waals surface area contributed by atoms with E-state index in [-0.39, 0.29) is 43.0 Å². The molecule has 0 aromatic heterocycles. The monoisotopic (exact) mass is 365 g/mol. The van der Waals surface area contributed by atoms with E-state index in [1.54, 1.807) is 0 Å². The van der Waals surface area contributed by atoms with Gasteiger partial charge in [-0.15, -0.1) is 24.8 Å². The molecule has 20 heavy (non-hydrogen) atoms. The molecule has 1 aromatic rings. The highest BCUT2D eigenvalue weighted by molar-refractivity contribution is 7.89. The molecule has 0 radical (unpaired) electrons. The molecule has 0 aliphatic rings. The third-order valence-corrected chi connectivity index (χ3v) is 2.78. The zero-order valence-corrected chi connectivity index (χ0v) is 11.6. The second kappa shape index (κ2) is 6.37. The van der Waals surface area contributed by atoms with Crippen molar-refractivity contribution in [3.63, 3.8) is 0 Å². The second-order valence-electron chi connectivity index (χ2n) is 3.29. The molecule has 1 rings (SSSR count). The van der Waals surface area contributed by atoms with Crippen molar-refractivity contribution in [2.75, 3.05) is 0 Å². The Morgan fingerprint density at radius 2 is 1.10 bits per heavy atom. The van der Waals surface area contributed by atoms with E-state index in [4.69, 9.17) is 0 Å². The first kappa shape index (κ1) is 21.6. The molecule has 12 heteroatoms. The number of hydrogen-bond donors (Lipinski definition) is 1. The quantitative estimate of drug-likeness (QED) is 0.776. The van der Waals surface area contributed by atoms with Gasteiger partial charge in [-0.2, -0.15) is 26.3 Å². The van der Waals surface area contributed by atoms with Crippen molar-refractivity contribution in [3.8, 4) is 0 Å². The van der Waals surface area contributed by atoms with Gasteiger partial charge in [0.1, 0.15) is 0 Å². The molecule has 3 nitrogen and oxygen atoms in total. The highest BCUT2D eigenvalue weighted by atomic mass is 35.5. The molecule has 0 saturated carbocycles. The molecular weight excluding hydrogens is 359 g/mol. The number of hydrogen-bond acceptors (Lipinski definition) is 2. The largest absolute Gasteiger partial charge is 0.416 e. The first-order valence-corrected chi connectivity index (χ1v) is 5.69. The fourth-order valence-corrected chi connectivity index (χ4v) is 1.67. The van der Waals surface area contributed by atoms with Crippen LogP contribution < -0.4 is 5.14 Å². The summed E-state index contributed by atoms with van der Waals surface area (Å²) in [7, 11) is -4.67. The lowest BCUT2D eigenvalue weighted by Crippen LogP contribution is -2.17. The van der Waals surface area contributed by atoms with Gasteiger partial charge < -0.3 is 0 Å². The lowest BCUT2D eigenvalue weighted by Gasteiger charge is -2.13.